The molecule has 2 amide bonds. The second-order valence-electron chi connectivity index (χ2n) is 5.38. The molecule has 0 aliphatic rings. The number of hydrogen-bond acceptors (Lipinski definition) is 5. The van der Waals surface area contributed by atoms with Crippen LogP contribution in [-0.2, 0) is 9.59 Å². The van der Waals surface area contributed by atoms with Crippen molar-refractivity contribution in [1.82, 2.24) is 0 Å². The van der Waals surface area contributed by atoms with Crippen LogP contribution in [0.2, 0.25) is 0 Å². The summed E-state index contributed by atoms with van der Waals surface area (Å²) in [5.74, 6) is 0.100. The fourth-order valence-electron chi connectivity index (χ4n) is 2.07. The second-order valence-corrected chi connectivity index (χ2v) is 5.38. The molecule has 0 bridgehead atoms. The van der Waals surface area contributed by atoms with Crippen LogP contribution in [0.15, 0.2) is 48.5 Å². The minimum absolute atomic E-state index is 0.0230. The van der Waals surface area contributed by atoms with Gasteiger partial charge < -0.3 is 15.4 Å². The molecule has 0 atom stereocenters. The first-order valence-corrected chi connectivity index (χ1v) is 8.05. The first-order chi connectivity index (χ1) is 12.5. The first-order valence-electron chi connectivity index (χ1n) is 8.05. The third-order valence-corrected chi connectivity index (χ3v) is 3.40. The number of nitrogens with zero attached hydrogens (tertiary/aromatic N) is 1. The van der Waals surface area contributed by atoms with Crippen LogP contribution in [0.3, 0.4) is 0 Å². The van der Waals surface area contributed by atoms with Crippen molar-refractivity contribution in [3.63, 3.8) is 0 Å². The summed E-state index contributed by atoms with van der Waals surface area (Å²) in [5.41, 5.74) is 1.15. The van der Waals surface area contributed by atoms with Gasteiger partial charge in [-0.1, -0.05) is 13.0 Å². The molecule has 0 saturated heterocycles. The molecule has 2 rings (SSSR count). The van der Waals surface area contributed by atoms with Crippen molar-refractivity contribution >= 4 is 28.9 Å². The second kappa shape index (κ2) is 9.16. The third kappa shape index (κ3) is 5.90. The standard InChI is InChI=1S/C18H19N3O5/c1-2-17(22)19-13-4-3-5-14(12-13)20-18(23)10-11-26-16-8-6-15(7-9-16)21(24)25/h3-9,12H,2,10-11H2,1H3,(H,19,22)(H,20,23). The van der Waals surface area contributed by atoms with Gasteiger partial charge in [0.15, 0.2) is 0 Å². The Balaban J connectivity index is 1.80. The van der Waals surface area contributed by atoms with E-state index in [0.29, 0.717) is 23.5 Å². The van der Waals surface area contributed by atoms with Gasteiger partial charge in [0.05, 0.1) is 18.0 Å². The zero-order valence-corrected chi connectivity index (χ0v) is 14.2. The van der Waals surface area contributed by atoms with Gasteiger partial charge >= 0.3 is 0 Å². The third-order valence-electron chi connectivity index (χ3n) is 3.40. The van der Waals surface area contributed by atoms with Crippen LogP contribution < -0.4 is 15.4 Å². The van der Waals surface area contributed by atoms with Gasteiger partial charge in [-0.05, 0) is 30.3 Å². The zero-order chi connectivity index (χ0) is 18.9. The lowest BCUT2D eigenvalue weighted by atomic mass is 10.2. The van der Waals surface area contributed by atoms with E-state index in [1.54, 1.807) is 31.2 Å². The molecule has 2 N–H and O–H groups in total. The predicted molar refractivity (Wildman–Crippen MR) is 97.2 cm³/mol. The lowest BCUT2D eigenvalue weighted by Crippen LogP contribution is -2.15. The maximum atomic E-state index is 12.0. The summed E-state index contributed by atoms with van der Waals surface area (Å²) in [7, 11) is 0. The molecular weight excluding hydrogens is 338 g/mol. The Labute approximate surface area is 150 Å². The molecule has 0 aliphatic heterocycles. The molecule has 136 valence electrons. The van der Waals surface area contributed by atoms with Crippen molar-refractivity contribution in [2.24, 2.45) is 0 Å². The van der Waals surface area contributed by atoms with Gasteiger partial charge in [0, 0.05) is 29.9 Å². The van der Waals surface area contributed by atoms with Crippen molar-refractivity contribution in [2.75, 3.05) is 17.2 Å². The Bertz CT molecular complexity index is 790. The Morgan fingerprint density at radius 3 is 2.23 bits per heavy atom. The summed E-state index contributed by atoms with van der Waals surface area (Å²) >= 11 is 0. The number of rotatable bonds is 8. The lowest BCUT2D eigenvalue weighted by Gasteiger charge is -2.09. The molecule has 8 nitrogen and oxygen atoms in total. The van der Waals surface area contributed by atoms with Gasteiger partial charge in [0.1, 0.15) is 5.75 Å². The zero-order valence-electron chi connectivity index (χ0n) is 14.2. The summed E-state index contributed by atoms with van der Waals surface area (Å²) < 4.78 is 5.40. The molecule has 26 heavy (non-hydrogen) atoms. The summed E-state index contributed by atoms with van der Waals surface area (Å²) in [6.45, 7) is 1.89. The van der Waals surface area contributed by atoms with E-state index in [0.717, 1.165) is 0 Å². The predicted octanol–water partition coefficient (Wildman–Crippen LogP) is 3.35. The first kappa shape index (κ1) is 18.9. The van der Waals surface area contributed by atoms with Gasteiger partial charge in [0.25, 0.3) is 5.69 Å². The topological polar surface area (TPSA) is 111 Å². The highest BCUT2D eigenvalue weighted by Crippen LogP contribution is 2.18. The summed E-state index contributed by atoms with van der Waals surface area (Å²) in [6.07, 6.45) is 0.485. The van der Waals surface area contributed by atoms with Crippen LogP contribution in [0.4, 0.5) is 17.1 Å². The minimum Gasteiger partial charge on any atom is -0.493 e. The molecule has 0 aromatic heterocycles. The van der Waals surface area contributed by atoms with Crippen molar-refractivity contribution in [3.8, 4) is 5.75 Å². The molecule has 2 aromatic rings. The molecular formula is C18H19N3O5. The minimum atomic E-state index is -0.492. The Morgan fingerprint density at radius 2 is 1.65 bits per heavy atom. The molecule has 0 heterocycles. The molecule has 0 unspecified atom stereocenters. The summed E-state index contributed by atoms with van der Waals surface area (Å²) in [5, 5.41) is 16.0. The fourth-order valence-corrected chi connectivity index (χ4v) is 2.07. The van der Waals surface area contributed by atoms with Gasteiger partial charge in [-0.3, -0.25) is 19.7 Å². The number of benzene rings is 2. The highest BCUT2D eigenvalue weighted by atomic mass is 16.6. The van der Waals surface area contributed by atoms with Gasteiger partial charge in [0.2, 0.25) is 11.8 Å². The maximum Gasteiger partial charge on any atom is 0.269 e. The van der Waals surface area contributed by atoms with E-state index in [2.05, 4.69) is 10.6 Å². The summed E-state index contributed by atoms with van der Waals surface area (Å²) in [6, 6.07) is 12.5. The van der Waals surface area contributed by atoms with E-state index in [9.17, 15) is 19.7 Å². The molecule has 0 fully saturated rings. The van der Waals surface area contributed by atoms with Crippen LogP contribution in [-0.4, -0.2) is 23.3 Å². The maximum absolute atomic E-state index is 12.0. The number of nitro groups is 1. The monoisotopic (exact) mass is 357 g/mol. The number of non-ortho nitro benzene ring substituents is 1. The van der Waals surface area contributed by atoms with Gasteiger partial charge in [-0.25, -0.2) is 0 Å². The number of carbonyl (C=O) groups is 2. The SMILES string of the molecule is CCC(=O)Nc1cccc(NC(=O)CCOc2ccc([N+](=O)[O-])cc2)c1. The average Bonchev–Trinajstić information content (AvgIpc) is 2.62. The van der Waals surface area contributed by atoms with E-state index >= 15 is 0 Å². The quantitative estimate of drug-likeness (QED) is 0.556. The molecule has 8 heteroatoms. The van der Waals surface area contributed by atoms with Crippen molar-refractivity contribution in [2.45, 2.75) is 19.8 Å². The van der Waals surface area contributed by atoms with E-state index in [1.807, 2.05) is 0 Å². The number of amides is 2. The average molecular weight is 357 g/mol. The van der Waals surface area contributed by atoms with Gasteiger partial charge in [-0.15, -0.1) is 0 Å². The van der Waals surface area contributed by atoms with E-state index in [-0.39, 0.29) is 30.5 Å². The number of nitrogens with one attached hydrogen (secondary N) is 2. The number of hydrogen-bond donors (Lipinski definition) is 2. The number of carbonyl (C=O) groups excluding carboxylic acids is 2. The number of ether oxygens (including phenoxy) is 1. The molecule has 0 radical (unpaired) electrons. The van der Waals surface area contributed by atoms with E-state index < -0.39 is 4.92 Å². The Kier molecular flexibility index (Phi) is 6.67. The van der Waals surface area contributed by atoms with Crippen LogP contribution in [0.5, 0.6) is 5.75 Å². The molecule has 0 aliphatic carbocycles. The largest absolute Gasteiger partial charge is 0.493 e. The normalized spacial score (nSPS) is 10.0. The lowest BCUT2D eigenvalue weighted by molar-refractivity contribution is -0.384. The van der Waals surface area contributed by atoms with Crippen LogP contribution >= 0.6 is 0 Å². The molecule has 2 aromatic carbocycles. The van der Waals surface area contributed by atoms with Crippen LogP contribution in [0.25, 0.3) is 0 Å². The van der Waals surface area contributed by atoms with Crippen molar-refractivity contribution in [3.05, 3.63) is 58.6 Å². The fraction of sp³-hybridized carbons (Fsp3) is 0.222. The van der Waals surface area contributed by atoms with Crippen LogP contribution in [0, 0.1) is 10.1 Å². The van der Waals surface area contributed by atoms with Gasteiger partial charge in [-0.2, -0.15) is 0 Å². The van der Waals surface area contributed by atoms with Crippen molar-refractivity contribution in [1.29, 1.82) is 0 Å². The smallest absolute Gasteiger partial charge is 0.269 e. The molecule has 0 spiro atoms. The summed E-state index contributed by atoms with van der Waals surface area (Å²) in [4.78, 5) is 33.5. The highest BCUT2D eigenvalue weighted by Gasteiger charge is 2.07. The van der Waals surface area contributed by atoms with Crippen LogP contribution in [0.1, 0.15) is 19.8 Å². The number of nitro benzene ring substituents is 1. The van der Waals surface area contributed by atoms with Crippen molar-refractivity contribution < 1.29 is 19.2 Å². The Morgan fingerprint density at radius 1 is 1.04 bits per heavy atom. The van der Waals surface area contributed by atoms with E-state index in [1.165, 1.54) is 24.3 Å². The Hall–Kier alpha value is -3.42. The van der Waals surface area contributed by atoms with E-state index in [4.69, 9.17) is 4.74 Å². The number of anilines is 2. The highest BCUT2D eigenvalue weighted by molar-refractivity contribution is 5.94. The molecule has 0 saturated carbocycles.